The number of benzene rings is 1. The molecule has 13 heteroatoms. The first-order valence-electron chi connectivity index (χ1n) is 11.6. The van der Waals surface area contributed by atoms with Crippen molar-refractivity contribution in [3.63, 3.8) is 0 Å². The molecule has 2 aromatic heterocycles. The molecule has 3 aromatic rings. The maximum absolute atomic E-state index is 13.6. The van der Waals surface area contributed by atoms with E-state index in [2.05, 4.69) is 4.90 Å². The van der Waals surface area contributed by atoms with Gasteiger partial charge >= 0.3 is 6.18 Å². The number of aromatic nitrogens is 3. The van der Waals surface area contributed by atoms with Gasteiger partial charge in [0.25, 0.3) is 0 Å². The van der Waals surface area contributed by atoms with Gasteiger partial charge in [-0.1, -0.05) is 12.1 Å². The van der Waals surface area contributed by atoms with E-state index in [-0.39, 0.29) is 17.2 Å². The molecule has 2 aliphatic rings. The summed E-state index contributed by atoms with van der Waals surface area (Å²) in [6, 6.07) is 5.92. The predicted molar refractivity (Wildman–Crippen MR) is 129 cm³/mol. The summed E-state index contributed by atoms with van der Waals surface area (Å²) in [4.78, 5) is 8.74. The molecule has 1 unspecified atom stereocenters. The molecule has 3 N–H and O–H groups in total. The monoisotopic (exact) mass is 524 g/mol. The van der Waals surface area contributed by atoms with Gasteiger partial charge in [0, 0.05) is 45.2 Å². The van der Waals surface area contributed by atoms with Gasteiger partial charge in [-0.25, -0.2) is 13.7 Å². The molecule has 2 fully saturated rings. The molecule has 2 saturated heterocycles. The number of halogens is 3. The Hall–Kier alpha value is -2.74. The van der Waals surface area contributed by atoms with Crippen LogP contribution < -0.4 is 10.6 Å². The van der Waals surface area contributed by atoms with Crippen LogP contribution in [-0.4, -0.2) is 72.9 Å². The average Bonchev–Trinajstić information content (AvgIpc) is 3.14. The topological polar surface area (TPSA) is 109 Å². The highest BCUT2D eigenvalue weighted by molar-refractivity contribution is 7.80. The van der Waals surface area contributed by atoms with E-state index in [0.29, 0.717) is 80.0 Å². The lowest BCUT2D eigenvalue weighted by molar-refractivity contribution is -0.138. The summed E-state index contributed by atoms with van der Waals surface area (Å²) in [6.45, 7) is 5.13. The molecule has 36 heavy (non-hydrogen) atoms. The van der Waals surface area contributed by atoms with Gasteiger partial charge in [-0.3, -0.25) is 4.90 Å². The van der Waals surface area contributed by atoms with Crippen LogP contribution in [0.2, 0.25) is 0 Å². The molecule has 5 rings (SSSR count). The molecule has 0 amide bonds. The minimum atomic E-state index is -4.46. The highest BCUT2D eigenvalue weighted by atomic mass is 32.2. The highest BCUT2D eigenvalue weighted by Crippen LogP contribution is 2.34. The Labute approximate surface area is 208 Å². The molecule has 1 atom stereocenters. The van der Waals surface area contributed by atoms with Crippen LogP contribution in [0.25, 0.3) is 5.65 Å². The number of nitrogens with zero attached hydrogens (tertiary/aromatic N) is 5. The third-order valence-electron chi connectivity index (χ3n) is 6.80. The van der Waals surface area contributed by atoms with Crippen molar-refractivity contribution < 1.29 is 26.7 Å². The Kier molecular flexibility index (Phi) is 6.66. The molecule has 0 spiro atoms. The summed E-state index contributed by atoms with van der Waals surface area (Å²) in [7, 11) is 0. The highest BCUT2D eigenvalue weighted by Gasteiger charge is 2.34. The number of hydrogen-bond acceptors (Lipinski definition) is 7. The van der Waals surface area contributed by atoms with Crippen molar-refractivity contribution in [1.82, 2.24) is 19.5 Å². The number of fused-ring (bicyclic) bond motifs is 1. The van der Waals surface area contributed by atoms with E-state index in [9.17, 15) is 21.9 Å². The lowest BCUT2D eigenvalue weighted by Crippen LogP contribution is -2.52. The predicted octanol–water partition coefficient (Wildman–Crippen LogP) is 2.47. The van der Waals surface area contributed by atoms with Gasteiger partial charge in [-0.15, -0.1) is 5.10 Å². The maximum atomic E-state index is 13.6. The third kappa shape index (κ3) is 4.80. The number of alkyl halides is 3. The van der Waals surface area contributed by atoms with Crippen LogP contribution in [0, 0.1) is 6.92 Å². The van der Waals surface area contributed by atoms with Crippen LogP contribution in [0.5, 0.6) is 0 Å². The molecule has 0 saturated carbocycles. The van der Waals surface area contributed by atoms with Crippen molar-refractivity contribution in [3.8, 4) is 0 Å². The van der Waals surface area contributed by atoms with E-state index in [0.717, 1.165) is 6.07 Å². The molecular weight excluding hydrogens is 497 g/mol. The van der Waals surface area contributed by atoms with Crippen LogP contribution in [0.3, 0.4) is 0 Å². The molecule has 9 nitrogen and oxygen atoms in total. The van der Waals surface area contributed by atoms with Gasteiger partial charge in [0.15, 0.2) is 22.5 Å². The normalized spacial score (nSPS) is 18.5. The largest absolute Gasteiger partial charge is 0.416 e. The lowest BCUT2D eigenvalue weighted by atomic mass is 9.97. The molecule has 194 valence electrons. The number of imidazole rings is 1. The standard InChI is InChI=1S/C23H27F3N6O3S/c1-14-15(3-2-4-17(14)23(24,25)26)9-20-19(13-30-11-16(12-30)36(33)34)28-22-18(27)10-21(29-32(20)22)31-5-7-35-8-6-31/h2-4,10,16H,5-9,11-13,27H2,1H3,(H,33,34). The lowest BCUT2D eigenvalue weighted by Gasteiger charge is -2.36. The van der Waals surface area contributed by atoms with Gasteiger partial charge in [-0.2, -0.15) is 13.2 Å². The van der Waals surface area contributed by atoms with Crippen LogP contribution >= 0.6 is 0 Å². The summed E-state index contributed by atoms with van der Waals surface area (Å²) >= 11 is -1.90. The maximum Gasteiger partial charge on any atom is 0.416 e. The summed E-state index contributed by atoms with van der Waals surface area (Å²) in [5.74, 6) is 0.647. The van der Waals surface area contributed by atoms with Crippen molar-refractivity contribution in [2.24, 2.45) is 0 Å². The zero-order valence-electron chi connectivity index (χ0n) is 19.7. The molecule has 4 heterocycles. The van der Waals surface area contributed by atoms with Gasteiger partial charge in [0.05, 0.1) is 41.1 Å². The zero-order chi connectivity index (χ0) is 25.6. The number of morpholine rings is 1. The van der Waals surface area contributed by atoms with Gasteiger partial charge in [0.1, 0.15) is 0 Å². The van der Waals surface area contributed by atoms with Crippen molar-refractivity contribution in [3.05, 3.63) is 52.3 Å². The first-order valence-corrected chi connectivity index (χ1v) is 12.8. The van der Waals surface area contributed by atoms with Crippen LogP contribution in [0.1, 0.15) is 28.1 Å². The number of nitrogens with two attached hydrogens (primary N) is 1. The average molecular weight is 525 g/mol. The van der Waals surface area contributed by atoms with Crippen molar-refractivity contribution in [1.29, 1.82) is 0 Å². The molecule has 2 aliphatic heterocycles. The molecule has 0 radical (unpaired) electrons. The second kappa shape index (κ2) is 9.61. The van der Waals surface area contributed by atoms with Gasteiger partial charge in [-0.05, 0) is 24.1 Å². The van der Waals surface area contributed by atoms with E-state index >= 15 is 0 Å². The van der Waals surface area contributed by atoms with Gasteiger partial charge < -0.3 is 19.9 Å². The summed E-state index contributed by atoms with van der Waals surface area (Å²) < 4.78 is 68.4. The second-order valence-electron chi connectivity index (χ2n) is 9.15. The van der Waals surface area contributed by atoms with Crippen molar-refractivity contribution in [2.75, 3.05) is 50.0 Å². The van der Waals surface area contributed by atoms with Crippen LogP contribution in [-0.2, 0) is 35.0 Å². The number of ether oxygens (including phenoxy) is 1. The third-order valence-corrected chi connectivity index (χ3v) is 7.67. The number of anilines is 2. The number of rotatable bonds is 6. The Morgan fingerprint density at radius 2 is 1.97 bits per heavy atom. The number of likely N-dealkylation sites (tertiary alicyclic amines) is 1. The number of nitrogen functional groups attached to an aromatic ring is 1. The molecular formula is C23H27F3N6O3S. The van der Waals surface area contributed by atoms with Crippen molar-refractivity contribution in [2.45, 2.75) is 31.3 Å². The fraction of sp³-hybridized carbons (Fsp3) is 0.478. The van der Waals surface area contributed by atoms with Crippen molar-refractivity contribution >= 4 is 28.2 Å². The molecule has 0 bridgehead atoms. The minimum Gasteiger partial charge on any atom is -0.396 e. The Balaban J connectivity index is 1.57. The fourth-order valence-corrected chi connectivity index (χ4v) is 5.40. The summed E-state index contributed by atoms with van der Waals surface area (Å²) in [6.07, 6.45) is -4.28. The molecule has 0 aliphatic carbocycles. The van der Waals surface area contributed by atoms with E-state index < -0.39 is 22.8 Å². The SMILES string of the molecule is Cc1c(Cc2c(CN3CC(S(=O)O)C3)nc3c(N)cc(N4CCOCC4)nn23)cccc1C(F)(F)F. The van der Waals surface area contributed by atoms with Crippen LogP contribution in [0.15, 0.2) is 24.3 Å². The fourth-order valence-electron chi connectivity index (χ4n) is 4.72. The van der Waals surface area contributed by atoms with E-state index in [1.807, 2.05) is 4.90 Å². The molecule has 1 aromatic carbocycles. The van der Waals surface area contributed by atoms with Crippen LogP contribution in [0.4, 0.5) is 24.7 Å². The minimum absolute atomic E-state index is 0.155. The van der Waals surface area contributed by atoms with E-state index in [4.69, 9.17) is 20.6 Å². The smallest absolute Gasteiger partial charge is 0.396 e. The quantitative estimate of drug-likeness (QED) is 0.474. The Morgan fingerprint density at radius 1 is 1.25 bits per heavy atom. The van der Waals surface area contributed by atoms with Gasteiger partial charge in [0.2, 0.25) is 0 Å². The summed E-state index contributed by atoms with van der Waals surface area (Å²) in [5.41, 5.74) is 8.49. The zero-order valence-corrected chi connectivity index (χ0v) is 20.5. The van der Waals surface area contributed by atoms with E-state index in [1.54, 1.807) is 16.6 Å². The Bertz CT molecular complexity index is 1300. The second-order valence-corrected chi connectivity index (χ2v) is 10.4. The number of hydrogen-bond donors (Lipinski definition) is 2. The Morgan fingerprint density at radius 3 is 2.64 bits per heavy atom. The summed E-state index contributed by atoms with van der Waals surface area (Å²) in [5, 5.41) is 4.46. The first kappa shape index (κ1) is 24.9. The first-order chi connectivity index (χ1) is 17.1. The van der Waals surface area contributed by atoms with E-state index in [1.165, 1.54) is 13.0 Å².